The fourth-order valence-electron chi connectivity index (χ4n) is 2.78. The number of amides is 1. The summed E-state index contributed by atoms with van der Waals surface area (Å²) in [5.41, 5.74) is -0.477. The van der Waals surface area contributed by atoms with Crippen molar-refractivity contribution in [1.29, 1.82) is 0 Å². The van der Waals surface area contributed by atoms with Crippen LogP contribution in [0, 0.1) is 20.2 Å². The monoisotopic (exact) mass is 535 g/mol. The Labute approximate surface area is 215 Å². The molecule has 0 fully saturated rings. The van der Waals surface area contributed by atoms with Gasteiger partial charge in [0.15, 0.2) is 0 Å². The molecule has 0 heterocycles. The molecule has 204 valence electrons. The number of ether oxygens (including phenoxy) is 4. The third kappa shape index (κ3) is 10.8. The van der Waals surface area contributed by atoms with Crippen LogP contribution in [0.4, 0.5) is 15.3 Å². The molecule has 0 aliphatic rings. The molecule has 1 N–H and O–H groups in total. The normalized spacial score (nSPS) is 11.4. The second kappa shape index (κ2) is 13.4. The summed E-state index contributed by atoms with van der Waals surface area (Å²) in [6, 6.07) is 9.45. The smallest absolute Gasteiger partial charge is 0.462 e. The van der Waals surface area contributed by atoms with Crippen LogP contribution in [-0.4, -0.2) is 53.1 Å². The van der Waals surface area contributed by atoms with Gasteiger partial charge >= 0.3 is 18.2 Å². The molecule has 0 saturated carbocycles. The number of alkyl carbamates (subject to hydrolysis) is 1. The average Bonchev–Trinajstić information content (AvgIpc) is 2.81. The van der Waals surface area contributed by atoms with Gasteiger partial charge in [0.1, 0.15) is 36.4 Å². The molecule has 38 heavy (non-hydrogen) atoms. The number of hydrogen-bond donors (Lipinski definition) is 1. The van der Waals surface area contributed by atoms with E-state index in [0.717, 1.165) is 0 Å². The molecule has 15 nitrogen and oxygen atoms in total. The molecule has 1 atom stereocenters. The van der Waals surface area contributed by atoms with E-state index in [1.165, 1.54) is 48.5 Å². The van der Waals surface area contributed by atoms with Crippen LogP contribution >= 0.6 is 0 Å². The number of nitro benzene ring substituents is 1. The van der Waals surface area contributed by atoms with Crippen LogP contribution in [0.5, 0.6) is 11.5 Å². The predicted octanol–water partition coefficient (Wildman–Crippen LogP) is 3.36. The zero-order valence-electron chi connectivity index (χ0n) is 20.6. The first kappa shape index (κ1) is 29.3. The Morgan fingerprint density at radius 1 is 0.895 bits per heavy atom. The molecule has 0 aliphatic heterocycles. The van der Waals surface area contributed by atoms with Crippen molar-refractivity contribution < 1.29 is 48.2 Å². The fourth-order valence-corrected chi connectivity index (χ4v) is 2.78. The molecule has 0 aromatic heterocycles. The van der Waals surface area contributed by atoms with Crippen molar-refractivity contribution in [2.45, 2.75) is 38.8 Å². The molecule has 0 spiro atoms. The van der Waals surface area contributed by atoms with Gasteiger partial charge in [-0.3, -0.25) is 10.1 Å². The van der Waals surface area contributed by atoms with Gasteiger partial charge in [0, 0.05) is 18.6 Å². The summed E-state index contributed by atoms with van der Waals surface area (Å²) >= 11 is 0. The molecular weight excluding hydrogens is 510 g/mol. The minimum Gasteiger partial charge on any atom is -0.462 e. The van der Waals surface area contributed by atoms with E-state index < -0.39 is 53.1 Å². The van der Waals surface area contributed by atoms with Gasteiger partial charge in [0.05, 0.1) is 4.92 Å². The van der Waals surface area contributed by atoms with Gasteiger partial charge in [0.25, 0.3) is 10.8 Å². The lowest BCUT2D eigenvalue weighted by Crippen LogP contribution is -2.45. The summed E-state index contributed by atoms with van der Waals surface area (Å²) in [6.45, 7) is 4.01. The van der Waals surface area contributed by atoms with Gasteiger partial charge in [-0.15, -0.1) is 10.1 Å². The van der Waals surface area contributed by atoms with Gasteiger partial charge in [0.2, 0.25) is 0 Å². The van der Waals surface area contributed by atoms with Crippen LogP contribution in [0.25, 0.3) is 0 Å². The van der Waals surface area contributed by atoms with Gasteiger partial charge in [-0.05, 0) is 50.6 Å². The Bertz CT molecular complexity index is 1140. The van der Waals surface area contributed by atoms with E-state index in [9.17, 15) is 34.6 Å². The average molecular weight is 535 g/mol. The molecule has 0 saturated heterocycles. The van der Waals surface area contributed by atoms with E-state index >= 15 is 0 Å². The molecule has 2 rings (SSSR count). The third-order valence-corrected chi connectivity index (χ3v) is 4.31. The predicted molar refractivity (Wildman–Crippen MR) is 127 cm³/mol. The third-order valence-electron chi connectivity index (χ3n) is 4.31. The Morgan fingerprint density at radius 2 is 1.45 bits per heavy atom. The molecule has 1 unspecified atom stereocenters. The number of nitrogens with zero attached hydrogens (tertiary/aromatic N) is 2. The van der Waals surface area contributed by atoms with Gasteiger partial charge in [-0.2, -0.15) is 0 Å². The number of esters is 1. The van der Waals surface area contributed by atoms with E-state index in [-0.39, 0.29) is 23.6 Å². The quantitative estimate of drug-likeness (QED) is 0.145. The van der Waals surface area contributed by atoms with Crippen LogP contribution in [-0.2, 0) is 25.5 Å². The summed E-state index contributed by atoms with van der Waals surface area (Å²) < 4.78 is 20.1. The highest BCUT2D eigenvalue weighted by molar-refractivity contribution is 5.81. The standard InChI is InChI=1S/C23H25N3O12/c1-23(2,3)38-21(28)24-19(20(27)34-12-13-35-26(32)33)14-15-4-8-17(9-5-15)36-22(29)37-18-10-6-16(7-11-18)25(30)31/h4-11,19H,12-14H2,1-3H3,(H,24,28). The number of non-ortho nitro benzene ring substituents is 1. The van der Waals surface area contributed by atoms with Crippen LogP contribution in [0.15, 0.2) is 48.5 Å². The first-order chi connectivity index (χ1) is 17.8. The molecule has 2 aromatic carbocycles. The molecule has 15 heteroatoms. The summed E-state index contributed by atoms with van der Waals surface area (Å²) in [6.07, 6.45) is -2.02. The molecule has 0 bridgehead atoms. The van der Waals surface area contributed by atoms with E-state index in [2.05, 4.69) is 10.2 Å². The number of benzene rings is 2. The lowest BCUT2D eigenvalue weighted by atomic mass is 10.1. The maximum Gasteiger partial charge on any atom is 0.519 e. The van der Waals surface area contributed by atoms with Gasteiger partial charge < -0.3 is 29.1 Å². The molecule has 1 amide bonds. The van der Waals surface area contributed by atoms with E-state index in [4.69, 9.17) is 18.9 Å². The van der Waals surface area contributed by atoms with Crippen LogP contribution in [0.2, 0.25) is 0 Å². The molecule has 0 radical (unpaired) electrons. The van der Waals surface area contributed by atoms with Crippen molar-refractivity contribution in [1.82, 2.24) is 5.32 Å². The Morgan fingerprint density at radius 3 is 1.95 bits per heavy atom. The number of carbonyl (C=O) groups excluding carboxylic acids is 3. The zero-order valence-corrected chi connectivity index (χ0v) is 20.6. The topological polar surface area (TPSA) is 196 Å². The van der Waals surface area contributed by atoms with Crippen molar-refractivity contribution in [3.05, 3.63) is 74.3 Å². The Hall–Kier alpha value is -4.95. The number of nitro groups is 1. The first-order valence-corrected chi connectivity index (χ1v) is 11.0. The van der Waals surface area contributed by atoms with Crippen molar-refractivity contribution in [3.8, 4) is 11.5 Å². The SMILES string of the molecule is CC(C)(C)OC(=O)NC(Cc1ccc(OC(=O)Oc2ccc([N+](=O)[O-])cc2)cc1)C(=O)OCCO[N+](=O)[O-]. The Balaban J connectivity index is 2.00. The van der Waals surface area contributed by atoms with E-state index in [1.54, 1.807) is 20.8 Å². The molecule has 2 aromatic rings. The lowest BCUT2D eigenvalue weighted by molar-refractivity contribution is -0.757. The minimum atomic E-state index is -1.21. The second-order valence-corrected chi connectivity index (χ2v) is 8.48. The van der Waals surface area contributed by atoms with Crippen molar-refractivity contribution in [3.63, 3.8) is 0 Å². The van der Waals surface area contributed by atoms with Crippen LogP contribution in [0.1, 0.15) is 26.3 Å². The van der Waals surface area contributed by atoms with Crippen LogP contribution in [0.3, 0.4) is 0 Å². The van der Waals surface area contributed by atoms with E-state index in [0.29, 0.717) is 5.56 Å². The molecular formula is C23H25N3O12. The number of nitrogens with one attached hydrogen (secondary N) is 1. The van der Waals surface area contributed by atoms with Crippen molar-refractivity contribution in [2.75, 3.05) is 13.2 Å². The highest BCUT2D eigenvalue weighted by atomic mass is 17.0. The van der Waals surface area contributed by atoms with Crippen molar-refractivity contribution in [2.24, 2.45) is 0 Å². The summed E-state index contributed by atoms with van der Waals surface area (Å²) in [7, 11) is 0. The van der Waals surface area contributed by atoms with E-state index in [1.807, 2.05) is 0 Å². The second-order valence-electron chi connectivity index (χ2n) is 8.48. The largest absolute Gasteiger partial charge is 0.519 e. The number of rotatable bonds is 11. The zero-order chi connectivity index (χ0) is 28.3. The fraction of sp³-hybridized carbons (Fsp3) is 0.348. The van der Waals surface area contributed by atoms with Gasteiger partial charge in [-0.1, -0.05) is 12.1 Å². The highest BCUT2D eigenvalue weighted by Gasteiger charge is 2.26. The minimum absolute atomic E-state index is 0.0374. The molecule has 0 aliphatic carbocycles. The maximum absolute atomic E-state index is 12.5. The number of carbonyl (C=O) groups is 3. The summed E-state index contributed by atoms with van der Waals surface area (Å²) in [5, 5.41) is 22.3. The lowest BCUT2D eigenvalue weighted by Gasteiger charge is -2.23. The van der Waals surface area contributed by atoms with Gasteiger partial charge in [-0.25, -0.2) is 14.4 Å². The first-order valence-electron chi connectivity index (χ1n) is 11.0. The summed E-state index contributed by atoms with van der Waals surface area (Å²) in [5.74, 6) is -0.748. The van der Waals surface area contributed by atoms with Crippen molar-refractivity contribution >= 4 is 23.9 Å². The maximum atomic E-state index is 12.5. The summed E-state index contributed by atoms with van der Waals surface area (Å²) in [4.78, 5) is 61.1. The van der Waals surface area contributed by atoms with Crippen LogP contribution < -0.4 is 14.8 Å². The number of hydrogen-bond acceptors (Lipinski definition) is 12. The highest BCUT2D eigenvalue weighted by Crippen LogP contribution is 2.19. The Kier molecular flexibility index (Phi) is 10.3.